The number of hydrogen-bond acceptors (Lipinski definition) is 5. The molecular weight excluding hydrogens is 491 g/mol. The second kappa shape index (κ2) is 10.9. The van der Waals surface area contributed by atoms with Gasteiger partial charge in [0.25, 0.3) is 5.91 Å². The molecule has 9 heteroatoms. The third kappa shape index (κ3) is 5.35. The minimum atomic E-state index is -0.355. The number of carbonyl (C=O) groups excluding carboxylic acids is 1. The summed E-state index contributed by atoms with van der Waals surface area (Å²) in [4.78, 5) is 26.2. The van der Waals surface area contributed by atoms with Crippen molar-refractivity contribution < 1.29 is 14.9 Å². The maximum absolute atomic E-state index is 14.7. The summed E-state index contributed by atoms with van der Waals surface area (Å²) >= 11 is 6.33. The number of rotatable bonds is 7. The lowest BCUT2D eigenvalue weighted by Gasteiger charge is -2.13. The molecule has 1 aromatic heterocycles. The third-order valence-electron chi connectivity index (χ3n) is 6.01. The molecule has 0 unspecified atom stereocenters. The molecule has 3 aromatic carbocycles. The van der Waals surface area contributed by atoms with Crippen LogP contribution in [0.15, 0.2) is 77.9 Å². The Labute approximate surface area is 218 Å². The summed E-state index contributed by atoms with van der Waals surface area (Å²) in [5, 5.41) is 6.60. The van der Waals surface area contributed by atoms with Gasteiger partial charge in [-0.05, 0) is 48.5 Å². The van der Waals surface area contributed by atoms with Gasteiger partial charge in [-0.25, -0.2) is 14.4 Å². The van der Waals surface area contributed by atoms with E-state index in [1.54, 1.807) is 60.8 Å². The van der Waals surface area contributed by atoms with Gasteiger partial charge in [0.2, 0.25) is 5.95 Å². The molecule has 0 radical (unpaired) electrons. The van der Waals surface area contributed by atoms with Gasteiger partial charge in [-0.1, -0.05) is 29.8 Å². The Morgan fingerprint density at radius 3 is 2.62 bits per heavy atom. The fraction of sp³-hybridized carbons (Fsp3) is 0.143. The van der Waals surface area contributed by atoms with E-state index in [1.165, 1.54) is 6.07 Å². The lowest BCUT2D eigenvalue weighted by atomic mass is 9.95. The van der Waals surface area contributed by atoms with E-state index < -0.39 is 0 Å². The van der Waals surface area contributed by atoms with Gasteiger partial charge in [-0.2, -0.15) is 0 Å². The van der Waals surface area contributed by atoms with Gasteiger partial charge >= 0.3 is 0 Å². The maximum atomic E-state index is 14.7. The lowest BCUT2D eigenvalue weighted by Crippen LogP contribution is -2.51. The average molecular weight is 516 g/mol. The zero-order chi connectivity index (χ0) is 25.8. The molecule has 7 nitrogen and oxygen atoms in total. The monoisotopic (exact) mass is 515 g/mol. The molecule has 37 heavy (non-hydrogen) atoms. The van der Waals surface area contributed by atoms with E-state index in [4.69, 9.17) is 21.6 Å². The molecule has 2 heterocycles. The maximum Gasteiger partial charge on any atom is 0.251 e. The van der Waals surface area contributed by atoms with E-state index in [0.29, 0.717) is 52.2 Å². The molecule has 0 saturated carbocycles. The minimum absolute atomic E-state index is 0.123. The van der Waals surface area contributed by atoms with Crippen LogP contribution >= 0.6 is 11.6 Å². The first-order chi connectivity index (χ1) is 18.0. The van der Waals surface area contributed by atoms with E-state index >= 15 is 0 Å². The van der Waals surface area contributed by atoms with Crippen molar-refractivity contribution in [3.8, 4) is 11.3 Å². The summed E-state index contributed by atoms with van der Waals surface area (Å²) < 4.78 is 14.7. The zero-order valence-corrected chi connectivity index (χ0v) is 20.7. The van der Waals surface area contributed by atoms with E-state index in [1.807, 2.05) is 6.07 Å². The number of benzene rings is 3. The molecule has 4 aromatic rings. The highest BCUT2D eigenvalue weighted by molar-refractivity contribution is 6.31. The SMILES string of the molecule is [NH3+]CCCNC(=O)c1ccc(Nc2ncc3c(n2)-c2ccc(Cl)cc2C(c2ccccc2F)=NC3)cc1. The van der Waals surface area contributed by atoms with Gasteiger partial charge in [-0.15, -0.1) is 0 Å². The van der Waals surface area contributed by atoms with Crippen molar-refractivity contribution in [1.82, 2.24) is 15.3 Å². The van der Waals surface area contributed by atoms with Crippen molar-refractivity contribution in [3.63, 3.8) is 0 Å². The molecule has 5 rings (SSSR count). The molecule has 0 spiro atoms. The summed E-state index contributed by atoms with van der Waals surface area (Å²) in [6.07, 6.45) is 2.56. The van der Waals surface area contributed by atoms with Crippen LogP contribution in [0.25, 0.3) is 11.3 Å². The van der Waals surface area contributed by atoms with Gasteiger partial charge in [0.05, 0.1) is 24.5 Å². The standard InChI is InChI=1S/C28H24ClFN6O/c29-19-8-11-21-23(14-19)26(22-4-1-2-5-24(22)30)33-15-18-16-34-28(36-25(18)21)35-20-9-6-17(7-10-20)27(37)32-13-3-12-31/h1-2,4-11,14,16H,3,12-13,15,31H2,(H,32,37)(H,34,35,36)/p+1. The Kier molecular flexibility index (Phi) is 7.20. The van der Waals surface area contributed by atoms with Crippen LogP contribution in [-0.4, -0.2) is 34.7 Å². The summed E-state index contributed by atoms with van der Waals surface area (Å²) in [5.74, 6) is -0.0880. The molecule has 0 bridgehead atoms. The molecule has 0 fully saturated rings. The highest BCUT2D eigenvalue weighted by Crippen LogP contribution is 2.34. The number of hydrogen-bond donors (Lipinski definition) is 3. The van der Waals surface area contributed by atoms with Crippen molar-refractivity contribution in [2.24, 2.45) is 4.99 Å². The average Bonchev–Trinajstić information content (AvgIpc) is 3.06. The van der Waals surface area contributed by atoms with Crippen LogP contribution < -0.4 is 16.4 Å². The molecule has 0 saturated heterocycles. The fourth-order valence-corrected chi connectivity index (χ4v) is 4.30. The number of anilines is 2. The van der Waals surface area contributed by atoms with E-state index in [9.17, 15) is 9.18 Å². The van der Waals surface area contributed by atoms with Gasteiger partial charge in [0.15, 0.2) is 0 Å². The van der Waals surface area contributed by atoms with Crippen LogP contribution in [0.5, 0.6) is 0 Å². The topological polar surface area (TPSA) is 107 Å². The zero-order valence-electron chi connectivity index (χ0n) is 20.0. The predicted molar refractivity (Wildman–Crippen MR) is 143 cm³/mol. The normalized spacial score (nSPS) is 12.1. The molecule has 1 amide bonds. The first kappa shape index (κ1) is 24.5. The van der Waals surface area contributed by atoms with E-state index in [2.05, 4.69) is 21.4 Å². The molecule has 1 aliphatic rings. The van der Waals surface area contributed by atoms with Crippen molar-refractivity contribution in [1.29, 1.82) is 0 Å². The Morgan fingerprint density at radius 1 is 1.03 bits per heavy atom. The van der Waals surface area contributed by atoms with Crippen molar-refractivity contribution >= 4 is 34.9 Å². The van der Waals surface area contributed by atoms with Crippen LogP contribution in [-0.2, 0) is 6.54 Å². The van der Waals surface area contributed by atoms with E-state index in [0.717, 1.165) is 29.8 Å². The van der Waals surface area contributed by atoms with Crippen LogP contribution in [0.4, 0.5) is 16.0 Å². The third-order valence-corrected chi connectivity index (χ3v) is 6.24. The number of aromatic nitrogens is 2. The van der Waals surface area contributed by atoms with Crippen molar-refractivity contribution in [3.05, 3.63) is 106 Å². The van der Waals surface area contributed by atoms with Crippen molar-refractivity contribution in [2.45, 2.75) is 13.0 Å². The molecule has 5 N–H and O–H groups in total. The van der Waals surface area contributed by atoms with Crippen LogP contribution in [0.3, 0.4) is 0 Å². The number of fused-ring (bicyclic) bond motifs is 3. The second-order valence-electron chi connectivity index (χ2n) is 8.57. The predicted octanol–water partition coefficient (Wildman–Crippen LogP) is 4.39. The molecule has 186 valence electrons. The fourth-order valence-electron chi connectivity index (χ4n) is 4.13. The number of halogens is 2. The van der Waals surface area contributed by atoms with Gasteiger partial charge in [-0.3, -0.25) is 9.79 Å². The highest BCUT2D eigenvalue weighted by atomic mass is 35.5. The van der Waals surface area contributed by atoms with Crippen LogP contribution in [0.1, 0.15) is 33.5 Å². The van der Waals surface area contributed by atoms with E-state index in [-0.39, 0.29) is 11.7 Å². The number of nitrogens with one attached hydrogen (secondary N) is 2. The van der Waals surface area contributed by atoms with Gasteiger partial charge < -0.3 is 16.4 Å². The number of nitrogens with zero attached hydrogens (tertiary/aromatic N) is 3. The van der Waals surface area contributed by atoms with Crippen LogP contribution in [0, 0.1) is 5.82 Å². The quantitative estimate of drug-likeness (QED) is 0.317. The number of amides is 1. The highest BCUT2D eigenvalue weighted by Gasteiger charge is 2.23. The Balaban J connectivity index is 1.44. The molecule has 0 atom stereocenters. The summed E-state index contributed by atoms with van der Waals surface area (Å²) in [6, 6.07) is 19.1. The lowest BCUT2D eigenvalue weighted by molar-refractivity contribution is -0.367. The Hall–Kier alpha value is -4.14. The number of carbonyl (C=O) groups is 1. The first-order valence-corrected chi connectivity index (χ1v) is 12.3. The van der Waals surface area contributed by atoms with Crippen molar-refractivity contribution in [2.75, 3.05) is 18.4 Å². The Bertz CT molecular complexity index is 1490. The minimum Gasteiger partial charge on any atom is -0.358 e. The molecule has 1 aliphatic heterocycles. The van der Waals surface area contributed by atoms with Gasteiger partial charge in [0.1, 0.15) is 5.82 Å². The number of aliphatic imine (C=N–C) groups is 1. The smallest absolute Gasteiger partial charge is 0.251 e. The molecule has 0 aliphatic carbocycles. The summed E-state index contributed by atoms with van der Waals surface area (Å²) in [5.41, 5.74) is 9.01. The summed E-state index contributed by atoms with van der Waals surface area (Å²) in [6.45, 7) is 1.67. The Morgan fingerprint density at radius 2 is 1.84 bits per heavy atom. The second-order valence-corrected chi connectivity index (χ2v) is 9.00. The van der Waals surface area contributed by atoms with Gasteiger partial charge in [0, 0.05) is 57.7 Å². The first-order valence-electron chi connectivity index (χ1n) is 11.9. The van der Waals surface area contributed by atoms with Crippen LogP contribution in [0.2, 0.25) is 5.02 Å². The largest absolute Gasteiger partial charge is 0.358 e. The number of quaternary nitrogens is 1. The molecular formula is C28H25ClFN6O+. The summed E-state index contributed by atoms with van der Waals surface area (Å²) in [7, 11) is 0.